The van der Waals surface area contributed by atoms with Crippen LogP contribution in [0.25, 0.3) is 10.9 Å². The van der Waals surface area contributed by atoms with Gasteiger partial charge in [0.1, 0.15) is 5.75 Å². The summed E-state index contributed by atoms with van der Waals surface area (Å²) in [7, 11) is 1.68. The number of para-hydroxylation sites is 1. The molecular formula is C17H25NO2. The van der Waals surface area contributed by atoms with Gasteiger partial charge in [-0.2, -0.15) is 0 Å². The van der Waals surface area contributed by atoms with E-state index < -0.39 is 0 Å². The van der Waals surface area contributed by atoms with Crippen LogP contribution in [0.5, 0.6) is 11.6 Å². The summed E-state index contributed by atoms with van der Waals surface area (Å²) in [5.74, 6) is 1.45. The van der Waals surface area contributed by atoms with Crippen LogP contribution in [-0.2, 0) is 6.42 Å². The second kappa shape index (κ2) is 8.41. The maximum Gasteiger partial charge on any atom is 0.217 e. The van der Waals surface area contributed by atoms with Crippen LogP contribution in [0.2, 0.25) is 0 Å². The first kappa shape index (κ1) is 16.3. The molecule has 0 atom stereocenters. The number of rotatable bonds is 5. The van der Waals surface area contributed by atoms with Crippen molar-refractivity contribution in [3.05, 3.63) is 29.8 Å². The molecule has 0 aliphatic rings. The first-order valence-corrected chi connectivity index (χ1v) is 7.39. The van der Waals surface area contributed by atoms with E-state index >= 15 is 0 Å². The molecule has 0 aliphatic carbocycles. The van der Waals surface area contributed by atoms with Gasteiger partial charge < -0.3 is 9.47 Å². The quantitative estimate of drug-likeness (QED) is 0.797. The molecule has 1 aromatic carbocycles. The number of fused-ring (bicyclic) bond motifs is 1. The summed E-state index contributed by atoms with van der Waals surface area (Å²) in [5, 5.41) is 1.05. The minimum Gasteiger partial charge on any atom is -0.496 e. The number of aryl methyl sites for hydroxylation is 1. The molecule has 110 valence electrons. The van der Waals surface area contributed by atoms with Gasteiger partial charge in [0.05, 0.1) is 19.2 Å². The lowest BCUT2D eigenvalue weighted by Gasteiger charge is -2.11. The lowest BCUT2D eigenvalue weighted by molar-refractivity contribution is 0.324. The zero-order valence-corrected chi connectivity index (χ0v) is 13.2. The Morgan fingerprint density at radius 3 is 2.50 bits per heavy atom. The van der Waals surface area contributed by atoms with Gasteiger partial charge in [0.2, 0.25) is 5.88 Å². The monoisotopic (exact) mass is 275 g/mol. The summed E-state index contributed by atoms with van der Waals surface area (Å²) in [5.41, 5.74) is 2.23. The van der Waals surface area contributed by atoms with Gasteiger partial charge in [0.15, 0.2) is 0 Å². The average Bonchev–Trinajstić information content (AvgIpc) is 2.50. The Hall–Kier alpha value is -1.77. The highest BCUT2D eigenvalue weighted by Crippen LogP contribution is 2.30. The lowest BCUT2D eigenvalue weighted by Crippen LogP contribution is -1.98. The van der Waals surface area contributed by atoms with E-state index in [1.54, 1.807) is 7.11 Å². The molecule has 2 rings (SSSR count). The summed E-state index contributed by atoms with van der Waals surface area (Å²) in [6.07, 6.45) is 2.12. The fourth-order valence-corrected chi connectivity index (χ4v) is 2.12. The largest absolute Gasteiger partial charge is 0.496 e. The molecule has 2 aromatic rings. The summed E-state index contributed by atoms with van der Waals surface area (Å²) < 4.78 is 10.9. The standard InChI is InChI=1S/C15H19NO2.C2H6/c1-4-7-11-8-6-9-12-13(17-3)10-14(18-5-2)16-15(11)12;1-2/h6,8-10H,4-5,7H2,1-3H3;1-2H3. The highest BCUT2D eigenvalue weighted by Gasteiger charge is 2.09. The topological polar surface area (TPSA) is 31.4 Å². The molecule has 0 saturated carbocycles. The van der Waals surface area contributed by atoms with Crippen molar-refractivity contribution in [3.8, 4) is 11.6 Å². The molecule has 0 fully saturated rings. The molecule has 3 nitrogen and oxygen atoms in total. The average molecular weight is 275 g/mol. The Morgan fingerprint density at radius 2 is 1.90 bits per heavy atom. The molecule has 0 unspecified atom stereocenters. The number of hydrogen-bond acceptors (Lipinski definition) is 3. The van der Waals surface area contributed by atoms with Crippen LogP contribution in [-0.4, -0.2) is 18.7 Å². The number of nitrogens with zero attached hydrogens (tertiary/aromatic N) is 1. The SMILES string of the molecule is CC.CCCc1cccc2c(OC)cc(OCC)nc12. The third-order valence-corrected chi connectivity index (χ3v) is 2.89. The van der Waals surface area contributed by atoms with Crippen molar-refractivity contribution in [2.45, 2.75) is 40.5 Å². The zero-order chi connectivity index (χ0) is 15.0. The van der Waals surface area contributed by atoms with Crippen molar-refractivity contribution in [1.82, 2.24) is 4.98 Å². The maximum atomic E-state index is 5.50. The van der Waals surface area contributed by atoms with Crippen LogP contribution in [0.1, 0.15) is 39.7 Å². The van der Waals surface area contributed by atoms with Crippen LogP contribution >= 0.6 is 0 Å². The number of aromatic nitrogens is 1. The molecule has 3 heteroatoms. The van der Waals surface area contributed by atoms with Crippen LogP contribution in [0.3, 0.4) is 0 Å². The maximum absolute atomic E-state index is 5.50. The Balaban J connectivity index is 0.000000956. The summed E-state index contributed by atoms with van der Waals surface area (Å²) in [4.78, 5) is 4.59. The van der Waals surface area contributed by atoms with Gasteiger partial charge in [-0.15, -0.1) is 0 Å². The summed E-state index contributed by atoms with van der Waals surface area (Å²) >= 11 is 0. The Labute approximate surface area is 121 Å². The van der Waals surface area contributed by atoms with Gasteiger partial charge in [0, 0.05) is 11.5 Å². The molecule has 0 amide bonds. The van der Waals surface area contributed by atoms with Crippen molar-refractivity contribution in [3.63, 3.8) is 0 Å². The fraction of sp³-hybridized carbons (Fsp3) is 0.471. The molecule has 0 radical (unpaired) electrons. The molecule has 1 aromatic heterocycles. The van der Waals surface area contributed by atoms with Gasteiger partial charge in [0.25, 0.3) is 0 Å². The normalized spacial score (nSPS) is 9.85. The van der Waals surface area contributed by atoms with Crippen molar-refractivity contribution in [2.75, 3.05) is 13.7 Å². The van der Waals surface area contributed by atoms with E-state index in [2.05, 4.69) is 24.0 Å². The molecule has 0 aliphatic heterocycles. The van der Waals surface area contributed by atoms with Crippen molar-refractivity contribution < 1.29 is 9.47 Å². The predicted octanol–water partition coefficient (Wildman–Crippen LogP) is 4.62. The van der Waals surface area contributed by atoms with E-state index in [0.717, 1.165) is 29.5 Å². The van der Waals surface area contributed by atoms with Crippen molar-refractivity contribution in [1.29, 1.82) is 0 Å². The van der Waals surface area contributed by atoms with Gasteiger partial charge in [-0.25, -0.2) is 4.98 Å². The molecular weight excluding hydrogens is 250 g/mol. The molecule has 1 heterocycles. The number of hydrogen-bond donors (Lipinski definition) is 0. The van der Waals surface area contributed by atoms with E-state index in [4.69, 9.17) is 9.47 Å². The van der Waals surface area contributed by atoms with Crippen molar-refractivity contribution in [2.24, 2.45) is 0 Å². The Morgan fingerprint density at radius 1 is 1.15 bits per heavy atom. The number of benzene rings is 1. The molecule has 20 heavy (non-hydrogen) atoms. The molecule has 0 bridgehead atoms. The van der Waals surface area contributed by atoms with Gasteiger partial charge in [-0.1, -0.05) is 39.3 Å². The Bertz CT molecular complexity index is 538. The van der Waals surface area contributed by atoms with Gasteiger partial charge in [-0.3, -0.25) is 0 Å². The van der Waals surface area contributed by atoms with Gasteiger partial charge >= 0.3 is 0 Å². The number of methoxy groups -OCH3 is 1. The molecule has 0 spiro atoms. The van der Waals surface area contributed by atoms with Crippen LogP contribution in [0.15, 0.2) is 24.3 Å². The molecule has 0 N–H and O–H groups in total. The predicted molar refractivity (Wildman–Crippen MR) is 84.8 cm³/mol. The Kier molecular flexibility index (Phi) is 6.85. The van der Waals surface area contributed by atoms with Crippen LogP contribution in [0.4, 0.5) is 0 Å². The number of ether oxygens (including phenoxy) is 2. The summed E-state index contributed by atoms with van der Waals surface area (Å²) in [6, 6.07) is 8.06. The highest BCUT2D eigenvalue weighted by molar-refractivity contribution is 5.88. The fourth-order valence-electron chi connectivity index (χ4n) is 2.12. The lowest BCUT2D eigenvalue weighted by atomic mass is 10.1. The van der Waals surface area contributed by atoms with E-state index in [1.807, 2.05) is 32.9 Å². The van der Waals surface area contributed by atoms with E-state index in [-0.39, 0.29) is 0 Å². The van der Waals surface area contributed by atoms with E-state index in [1.165, 1.54) is 5.56 Å². The highest BCUT2D eigenvalue weighted by atomic mass is 16.5. The van der Waals surface area contributed by atoms with Crippen molar-refractivity contribution >= 4 is 10.9 Å². The molecule has 0 saturated heterocycles. The van der Waals surface area contributed by atoms with Crippen LogP contribution < -0.4 is 9.47 Å². The first-order valence-electron chi connectivity index (χ1n) is 7.39. The van der Waals surface area contributed by atoms with E-state index in [9.17, 15) is 0 Å². The number of pyridine rings is 1. The second-order valence-corrected chi connectivity index (χ2v) is 4.16. The van der Waals surface area contributed by atoms with Crippen LogP contribution in [0, 0.1) is 0 Å². The van der Waals surface area contributed by atoms with E-state index in [0.29, 0.717) is 12.5 Å². The smallest absolute Gasteiger partial charge is 0.217 e. The second-order valence-electron chi connectivity index (χ2n) is 4.16. The third-order valence-electron chi connectivity index (χ3n) is 2.89. The first-order chi connectivity index (χ1) is 9.80. The van der Waals surface area contributed by atoms with Gasteiger partial charge in [-0.05, 0) is 25.0 Å². The zero-order valence-electron chi connectivity index (χ0n) is 13.2. The third kappa shape index (κ3) is 3.62. The minimum atomic E-state index is 0.609. The minimum absolute atomic E-state index is 0.609. The summed E-state index contributed by atoms with van der Waals surface area (Å²) in [6.45, 7) is 8.73.